The van der Waals surface area contributed by atoms with Crippen molar-refractivity contribution >= 4 is 35.1 Å². The minimum absolute atomic E-state index is 0.00447. The van der Waals surface area contributed by atoms with E-state index in [2.05, 4.69) is 16.0 Å². The maximum atomic E-state index is 12.5. The van der Waals surface area contributed by atoms with Crippen molar-refractivity contribution in [2.24, 2.45) is 0 Å². The van der Waals surface area contributed by atoms with Gasteiger partial charge < -0.3 is 20.7 Å². The highest BCUT2D eigenvalue weighted by molar-refractivity contribution is 6.05. The van der Waals surface area contributed by atoms with E-state index in [9.17, 15) is 19.2 Å². The fraction of sp³-hybridized carbons (Fsp3) is 0.200. The van der Waals surface area contributed by atoms with Crippen molar-refractivity contribution in [3.63, 3.8) is 0 Å². The Morgan fingerprint density at radius 2 is 1.93 bits per heavy atom. The van der Waals surface area contributed by atoms with Gasteiger partial charge in [-0.05, 0) is 42.8 Å². The monoisotopic (exact) mass is 394 g/mol. The minimum Gasteiger partial charge on any atom is -0.479 e. The molecule has 2 aliphatic rings. The molecule has 0 aromatic heterocycles. The average molecular weight is 394 g/mol. The van der Waals surface area contributed by atoms with Crippen LogP contribution < -0.4 is 20.7 Å². The molecule has 5 amide bonds. The van der Waals surface area contributed by atoms with Crippen LogP contribution in [-0.2, 0) is 16.1 Å². The van der Waals surface area contributed by atoms with E-state index in [0.717, 1.165) is 10.5 Å². The highest BCUT2D eigenvalue weighted by Crippen LogP contribution is 2.32. The lowest BCUT2D eigenvalue weighted by Gasteiger charge is -2.23. The number of benzene rings is 2. The average Bonchev–Trinajstić information content (AvgIpc) is 3.01. The zero-order chi connectivity index (χ0) is 20.5. The van der Waals surface area contributed by atoms with Gasteiger partial charge in [-0.2, -0.15) is 0 Å². The Morgan fingerprint density at radius 3 is 2.62 bits per heavy atom. The summed E-state index contributed by atoms with van der Waals surface area (Å²) < 4.78 is 5.49. The van der Waals surface area contributed by atoms with E-state index in [-0.39, 0.29) is 30.8 Å². The van der Waals surface area contributed by atoms with Gasteiger partial charge in [-0.25, -0.2) is 4.79 Å². The van der Waals surface area contributed by atoms with Crippen LogP contribution in [0.15, 0.2) is 42.5 Å². The highest BCUT2D eigenvalue weighted by Gasteiger charge is 2.28. The number of nitrogens with zero attached hydrogens (tertiary/aromatic N) is 1. The van der Waals surface area contributed by atoms with E-state index in [1.54, 1.807) is 49.4 Å². The van der Waals surface area contributed by atoms with Crippen molar-refractivity contribution in [2.75, 3.05) is 17.2 Å². The van der Waals surface area contributed by atoms with Crippen LogP contribution in [0.1, 0.15) is 22.8 Å². The summed E-state index contributed by atoms with van der Waals surface area (Å²) >= 11 is 0. The molecule has 4 rings (SSSR count). The number of carbonyl (C=O) groups is 4. The Morgan fingerprint density at radius 1 is 1.17 bits per heavy atom. The zero-order valence-corrected chi connectivity index (χ0v) is 15.5. The third kappa shape index (κ3) is 3.75. The van der Waals surface area contributed by atoms with Crippen molar-refractivity contribution in [2.45, 2.75) is 19.6 Å². The van der Waals surface area contributed by atoms with Crippen LogP contribution >= 0.6 is 0 Å². The first kappa shape index (κ1) is 18.5. The number of hydrogen-bond donors (Lipinski definition) is 3. The molecule has 9 nitrogen and oxygen atoms in total. The predicted octanol–water partition coefficient (Wildman–Crippen LogP) is 1.71. The van der Waals surface area contributed by atoms with E-state index < -0.39 is 12.1 Å². The molecule has 29 heavy (non-hydrogen) atoms. The number of carbonyl (C=O) groups excluding carboxylic acids is 4. The second-order valence-electron chi connectivity index (χ2n) is 6.75. The number of rotatable bonds is 4. The van der Waals surface area contributed by atoms with Gasteiger partial charge >= 0.3 is 6.03 Å². The summed E-state index contributed by atoms with van der Waals surface area (Å²) in [5.74, 6) is -0.320. The molecule has 0 radical (unpaired) electrons. The molecule has 9 heteroatoms. The maximum Gasteiger partial charge on any atom is 0.324 e. The van der Waals surface area contributed by atoms with E-state index in [1.807, 2.05) is 0 Å². The first-order valence-corrected chi connectivity index (χ1v) is 9.01. The molecule has 2 aromatic rings. The smallest absolute Gasteiger partial charge is 0.324 e. The first-order chi connectivity index (χ1) is 13.9. The van der Waals surface area contributed by atoms with Crippen LogP contribution in [0.5, 0.6) is 5.75 Å². The molecule has 2 heterocycles. The van der Waals surface area contributed by atoms with Crippen molar-refractivity contribution in [1.82, 2.24) is 10.2 Å². The van der Waals surface area contributed by atoms with E-state index in [1.165, 1.54) is 0 Å². The fourth-order valence-corrected chi connectivity index (χ4v) is 3.05. The summed E-state index contributed by atoms with van der Waals surface area (Å²) in [5, 5.41) is 7.96. The normalized spacial score (nSPS) is 17.9. The Bertz CT molecular complexity index is 1000. The summed E-state index contributed by atoms with van der Waals surface area (Å²) in [7, 11) is 0. The van der Waals surface area contributed by atoms with Gasteiger partial charge in [0.15, 0.2) is 6.10 Å². The SMILES string of the molecule is CC1Oc2ccc(NC(=O)c3ccc(CN4C(=O)CNC4=O)cc3)cc2NC1=O. The Balaban J connectivity index is 1.42. The molecular formula is C20H18N4O5. The molecule has 0 aliphatic carbocycles. The van der Waals surface area contributed by atoms with Crippen LogP contribution in [0, 0.1) is 0 Å². The summed E-state index contributed by atoms with van der Waals surface area (Å²) in [6.45, 7) is 1.81. The van der Waals surface area contributed by atoms with Crippen LogP contribution in [0.25, 0.3) is 0 Å². The summed E-state index contributed by atoms with van der Waals surface area (Å²) in [5.41, 5.74) is 2.15. The number of imide groups is 1. The lowest BCUT2D eigenvalue weighted by Crippen LogP contribution is -2.34. The summed E-state index contributed by atoms with van der Waals surface area (Å²) in [4.78, 5) is 48.6. The van der Waals surface area contributed by atoms with Gasteiger partial charge in [0.25, 0.3) is 11.8 Å². The number of amides is 5. The molecule has 0 saturated carbocycles. The number of nitrogens with one attached hydrogen (secondary N) is 3. The standard InChI is InChI=1S/C20H18N4O5/c1-11-18(26)23-15-8-14(6-7-16(15)29-11)22-19(27)13-4-2-12(3-5-13)10-24-17(25)9-21-20(24)28/h2-8,11H,9-10H2,1H3,(H,21,28)(H,22,27)(H,23,26). The van der Waals surface area contributed by atoms with Crippen molar-refractivity contribution in [3.05, 3.63) is 53.6 Å². The third-order valence-electron chi connectivity index (χ3n) is 4.66. The number of anilines is 2. The van der Waals surface area contributed by atoms with Crippen LogP contribution in [-0.4, -0.2) is 41.3 Å². The molecule has 0 spiro atoms. The van der Waals surface area contributed by atoms with E-state index in [4.69, 9.17) is 4.74 Å². The Labute approximate surface area is 166 Å². The van der Waals surface area contributed by atoms with Crippen LogP contribution in [0.2, 0.25) is 0 Å². The zero-order valence-electron chi connectivity index (χ0n) is 15.5. The molecule has 1 fully saturated rings. The van der Waals surface area contributed by atoms with Gasteiger partial charge in [-0.1, -0.05) is 12.1 Å². The number of hydrogen-bond acceptors (Lipinski definition) is 5. The largest absolute Gasteiger partial charge is 0.479 e. The molecule has 2 aliphatic heterocycles. The number of ether oxygens (including phenoxy) is 1. The second kappa shape index (κ2) is 7.27. The molecule has 1 unspecified atom stereocenters. The fourth-order valence-electron chi connectivity index (χ4n) is 3.05. The van der Waals surface area contributed by atoms with Gasteiger partial charge in [0.1, 0.15) is 5.75 Å². The molecule has 148 valence electrons. The maximum absolute atomic E-state index is 12.5. The van der Waals surface area contributed by atoms with Gasteiger partial charge in [0.2, 0.25) is 5.91 Å². The van der Waals surface area contributed by atoms with Crippen LogP contribution in [0.4, 0.5) is 16.2 Å². The van der Waals surface area contributed by atoms with Gasteiger partial charge in [0, 0.05) is 11.3 Å². The van der Waals surface area contributed by atoms with E-state index >= 15 is 0 Å². The quantitative estimate of drug-likeness (QED) is 0.683. The highest BCUT2D eigenvalue weighted by atomic mass is 16.5. The molecule has 1 atom stereocenters. The first-order valence-electron chi connectivity index (χ1n) is 9.01. The van der Waals surface area contributed by atoms with Crippen LogP contribution in [0.3, 0.4) is 0 Å². The van der Waals surface area contributed by atoms with Gasteiger partial charge in [0.05, 0.1) is 18.8 Å². The second-order valence-corrected chi connectivity index (χ2v) is 6.75. The molecule has 2 aromatic carbocycles. The van der Waals surface area contributed by atoms with Crippen molar-refractivity contribution in [3.8, 4) is 5.75 Å². The minimum atomic E-state index is -0.566. The number of fused-ring (bicyclic) bond motifs is 1. The van der Waals surface area contributed by atoms with Crippen molar-refractivity contribution in [1.29, 1.82) is 0 Å². The predicted molar refractivity (Wildman–Crippen MR) is 104 cm³/mol. The molecule has 1 saturated heterocycles. The molecule has 0 bridgehead atoms. The summed E-state index contributed by atoms with van der Waals surface area (Å²) in [6.07, 6.45) is -0.566. The Hall–Kier alpha value is -3.88. The summed E-state index contributed by atoms with van der Waals surface area (Å²) in [6, 6.07) is 11.2. The molecule has 3 N–H and O–H groups in total. The Kier molecular flexibility index (Phi) is 4.63. The van der Waals surface area contributed by atoms with E-state index in [0.29, 0.717) is 22.7 Å². The third-order valence-corrected chi connectivity index (χ3v) is 4.66. The van der Waals surface area contributed by atoms with Gasteiger partial charge in [-0.15, -0.1) is 0 Å². The van der Waals surface area contributed by atoms with Gasteiger partial charge in [-0.3, -0.25) is 19.3 Å². The lowest BCUT2D eigenvalue weighted by atomic mass is 10.1. The van der Waals surface area contributed by atoms with Crippen molar-refractivity contribution < 1.29 is 23.9 Å². The number of urea groups is 1. The molecular weight excluding hydrogens is 376 g/mol. The lowest BCUT2D eigenvalue weighted by molar-refractivity contribution is -0.125. The topological polar surface area (TPSA) is 117 Å².